The molecule has 4 nitrogen and oxygen atoms in total. The second kappa shape index (κ2) is 5.61. The molecule has 0 heterocycles. The van der Waals surface area contributed by atoms with E-state index in [1.165, 1.54) is 0 Å². The Morgan fingerprint density at radius 2 is 2.11 bits per heavy atom. The molecule has 0 saturated carbocycles. The molecule has 1 aromatic rings. The summed E-state index contributed by atoms with van der Waals surface area (Å²) in [5.74, 6) is -0.578. The minimum atomic E-state index is -4.43. The molecule has 0 aliphatic heterocycles. The lowest BCUT2D eigenvalue weighted by Crippen LogP contribution is -2.36. The number of hydrogen-bond acceptors (Lipinski definition) is 3. The molecule has 100 valence electrons. The van der Waals surface area contributed by atoms with E-state index in [0.717, 1.165) is 5.56 Å². The fraction of sp³-hybridized carbons (Fsp3) is 0.364. The van der Waals surface area contributed by atoms with Gasteiger partial charge in [-0.25, -0.2) is 0 Å². The van der Waals surface area contributed by atoms with Gasteiger partial charge in [0.2, 0.25) is 0 Å². The molecule has 1 aromatic carbocycles. The number of halogens is 3. The third kappa shape index (κ3) is 4.52. The predicted octanol–water partition coefficient (Wildman–Crippen LogP) is 1.63. The summed E-state index contributed by atoms with van der Waals surface area (Å²) in [7, 11) is 0. The zero-order chi connectivity index (χ0) is 13.8. The molecule has 1 rings (SSSR count). The summed E-state index contributed by atoms with van der Waals surface area (Å²) in [6.45, 7) is -0.131. The number of carbonyl (C=O) groups is 1. The quantitative estimate of drug-likeness (QED) is 0.811. The fourth-order valence-corrected chi connectivity index (χ4v) is 1.17. The number of ether oxygens (including phenoxy) is 1. The lowest BCUT2D eigenvalue weighted by atomic mass is 10.2. The van der Waals surface area contributed by atoms with Gasteiger partial charge in [-0.2, -0.15) is 13.2 Å². The number of aryl methyl sites for hydroxylation is 1. The Bertz CT molecular complexity index is 433. The number of nitrogen functional groups attached to an aromatic ring is 1. The molecular formula is C11H13F3N2O2. The molecule has 18 heavy (non-hydrogen) atoms. The molecule has 0 atom stereocenters. The van der Waals surface area contributed by atoms with Crippen LogP contribution in [0.5, 0.6) is 5.75 Å². The van der Waals surface area contributed by atoms with Crippen LogP contribution >= 0.6 is 0 Å². The van der Waals surface area contributed by atoms with E-state index >= 15 is 0 Å². The summed E-state index contributed by atoms with van der Waals surface area (Å²) in [4.78, 5) is 11.1. The molecule has 0 aliphatic carbocycles. The Morgan fingerprint density at radius 1 is 1.44 bits per heavy atom. The van der Waals surface area contributed by atoms with Crippen molar-refractivity contribution in [3.05, 3.63) is 23.8 Å². The standard InChI is InChI=1S/C11H13F3N2O2/c1-7-3-2-4-8(10(7)15)18-5-9(17)16-6-11(12,13)14/h2-4H,5-6,15H2,1H3,(H,16,17). The van der Waals surface area contributed by atoms with Gasteiger partial charge in [-0.05, 0) is 18.6 Å². The average molecular weight is 262 g/mol. The summed E-state index contributed by atoms with van der Waals surface area (Å²) in [5, 5.41) is 1.70. The van der Waals surface area contributed by atoms with Crippen LogP contribution in [0.15, 0.2) is 18.2 Å². The van der Waals surface area contributed by atoms with Crippen LogP contribution in [0.4, 0.5) is 18.9 Å². The molecule has 0 bridgehead atoms. The number of anilines is 1. The second-order valence-corrected chi connectivity index (χ2v) is 3.67. The van der Waals surface area contributed by atoms with Gasteiger partial charge < -0.3 is 15.8 Å². The number of amides is 1. The minimum absolute atomic E-state index is 0.275. The number of nitrogens with two attached hydrogens (primary N) is 1. The number of carbonyl (C=O) groups excluding carboxylic acids is 1. The summed E-state index contributed by atoms with van der Waals surface area (Å²) in [6, 6.07) is 4.97. The molecule has 7 heteroatoms. The molecule has 1 amide bonds. The summed E-state index contributed by atoms with van der Waals surface area (Å²) in [6.07, 6.45) is -4.43. The van der Waals surface area contributed by atoms with E-state index in [1.54, 1.807) is 30.4 Å². The van der Waals surface area contributed by atoms with E-state index in [2.05, 4.69) is 0 Å². The zero-order valence-electron chi connectivity index (χ0n) is 9.67. The summed E-state index contributed by atoms with van der Waals surface area (Å²) in [5.41, 5.74) is 6.80. The zero-order valence-corrected chi connectivity index (χ0v) is 9.67. The van der Waals surface area contributed by atoms with Gasteiger partial charge in [0.15, 0.2) is 6.61 Å². The maximum Gasteiger partial charge on any atom is 0.405 e. The first-order chi connectivity index (χ1) is 8.29. The van der Waals surface area contributed by atoms with Crippen molar-refractivity contribution in [2.45, 2.75) is 13.1 Å². The van der Waals surface area contributed by atoms with Crippen LogP contribution in [-0.2, 0) is 4.79 Å². The average Bonchev–Trinajstić information content (AvgIpc) is 2.27. The fourth-order valence-electron chi connectivity index (χ4n) is 1.17. The predicted molar refractivity (Wildman–Crippen MR) is 60.2 cm³/mol. The Hall–Kier alpha value is -1.92. The van der Waals surface area contributed by atoms with E-state index in [9.17, 15) is 18.0 Å². The largest absolute Gasteiger partial charge is 0.482 e. The van der Waals surface area contributed by atoms with Crippen LogP contribution < -0.4 is 15.8 Å². The van der Waals surface area contributed by atoms with Crippen molar-refractivity contribution >= 4 is 11.6 Å². The highest BCUT2D eigenvalue weighted by Gasteiger charge is 2.27. The normalized spacial score (nSPS) is 11.1. The number of alkyl halides is 3. The Labute approximate surface area is 102 Å². The Morgan fingerprint density at radius 3 is 2.72 bits per heavy atom. The molecule has 0 unspecified atom stereocenters. The summed E-state index contributed by atoms with van der Waals surface area (Å²) >= 11 is 0. The van der Waals surface area contributed by atoms with Gasteiger partial charge in [-0.15, -0.1) is 0 Å². The Kier molecular flexibility index (Phi) is 4.41. The molecule has 0 aromatic heterocycles. The summed E-state index contributed by atoms with van der Waals surface area (Å²) < 4.78 is 40.5. The maximum absolute atomic E-state index is 11.8. The van der Waals surface area contributed by atoms with Gasteiger partial charge in [0, 0.05) is 0 Å². The topological polar surface area (TPSA) is 64.3 Å². The third-order valence-electron chi connectivity index (χ3n) is 2.13. The highest BCUT2D eigenvalue weighted by atomic mass is 19.4. The molecule has 0 saturated heterocycles. The number of rotatable bonds is 4. The molecule has 0 aliphatic rings. The minimum Gasteiger partial charge on any atom is -0.482 e. The number of nitrogens with one attached hydrogen (secondary N) is 1. The van der Waals surface area contributed by atoms with Crippen LogP contribution in [-0.4, -0.2) is 25.2 Å². The lowest BCUT2D eigenvalue weighted by Gasteiger charge is -2.11. The van der Waals surface area contributed by atoms with Gasteiger partial charge in [-0.3, -0.25) is 4.79 Å². The van der Waals surface area contributed by atoms with E-state index in [4.69, 9.17) is 10.5 Å². The Balaban J connectivity index is 2.46. The molecule has 0 fully saturated rings. The van der Waals surface area contributed by atoms with Crippen LogP contribution in [0.1, 0.15) is 5.56 Å². The van der Waals surface area contributed by atoms with Gasteiger partial charge in [-0.1, -0.05) is 12.1 Å². The van der Waals surface area contributed by atoms with Crippen molar-refractivity contribution in [2.24, 2.45) is 0 Å². The van der Waals surface area contributed by atoms with Gasteiger partial charge in [0.1, 0.15) is 12.3 Å². The highest BCUT2D eigenvalue weighted by molar-refractivity contribution is 5.77. The van der Waals surface area contributed by atoms with Crippen LogP contribution in [0.3, 0.4) is 0 Å². The van der Waals surface area contributed by atoms with Crippen LogP contribution in [0, 0.1) is 6.92 Å². The highest BCUT2D eigenvalue weighted by Crippen LogP contribution is 2.24. The molecular weight excluding hydrogens is 249 g/mol. The van der Waals surface area contributed by atoms with E-state index in [0.29, 0.717) is 5.69 Å². The van der Waals surface area contributed by atoms with Crippen molar-refractivity contribution < 1.29 is 22.7 Å². The van der Waals surface area contributed by atoms with Gasteiger partial charge in [0.05, 0.1) is 5.69 Å². The van der Waals surface area contributed by atoms with Gasteiger partial charge in [0.25, 0.3) is 5.91 Å². The monoisotopic (exact) mass is 262 g/mol. The van der Waals surface area contributed by atoms with Gasteiger partial charge >= 0.3 is 6.18 Å². The number of para-hydroxylation sites is 1. The van der Waals surface area contributed by atoms with E-state index in [-0.39, 0.29) is 5.75 Å². The number of benzene rings is 1. The van der Waals surface area contributed by atoms with Crippen LogP contribution in [0.25, 0.3) is 0 Å². The van der Waals surface area contributed by atoms with E-state index < -0.39 is 25.2 Å². The third-order valence-corrected chi connectivity index (χ3v) is 2.13. The molecule has 3 N–H and O–H groups in total. The molecule has 0 radical (unpaired) electrons. The second-order valence-electron chi connectivity index (χ2n) is 3.67. The van der Waals surface area contributed by atoms with Crippen LogP contribution in [0.2, 0.25) is 0 Å². The van der Waals surface area contributed by atoms with Crippen molar-refractivity contribution in [1.82, 2.24) is 5.32 Å². The smallest absolute Gasteiger partial charge is 0.405 e. The SMILES string of the molecule is Cc1cccc(OCC(=O)NCC(F)(F)F)c1N. The lowest BCUT2D eigenvalue weighted by molar-refractivity contribution is -0.139. The number of hydrogen-bond donors (Lipinski definition) is 2. The van der Waals surface area contributed by atoms with E-state index in [1.807, 2.05) is 0 Å². The van der Waals surface area contributed by atoms with Crippen molar-refractivity contribution in [1.29, 1.82) is 0 Å². The molecule has 0 spiro atoms. The first-order valence-corrected chi connectivity index (χ1v) is 5.11. The van der Waals surface area contributed by atoms with Crippen molar-refractivity contribution in [3.63, 3.8) is 0 Å². The van der Waals surface area contributed by atoms with Crippen molar-refractivity contribution in [2.75, 3.05) is 18.9 Å². The van der Waals surface area contributed by atoms with Crippen molar-refractivity contribution in [3.8, 4) is 5.75 Å². The first-order valence-electron chi connectivity index (χ1n) is 5.11. The maximum atomic E-state index is 11.8. The first kappa shape index (κ1) is 14.1.